The number of amides is 2. The Hall–Kier alpha value is -0.820. The Morgan fingerprint density at radius 2 is 1.77 bits per heavy atom. The Morgan fingerprint density at radius 3 is 2.32 bits per heavy atom. The molecule has 1 unspecified atom stereocenters. The number of hydrogen-bond donors (Lipinski definition) is 1. The standard InChI is InChI=1S/C15H27N3O3S/c1-22(20,21)14-6-9-18(11-14)15(19)16-13-4-7-17(8-5-13)10-12-2-3-12/h12-14H,2-11H2,1H3,(H,16,19). The van der Waals surface area contributed by atoms with E-state index in [4.69, 9.17) is 0 Å². The van der Waals surface area contributed by atoms with E-state index in [-0.39, 0.29) is 12.1 Å². The molecule has 22 heavy (non-hydrogen) atoms. The maximum Gasteiger partial charge on any atom is 0.317 e. The summed E-state index contributed by atoms with van der Waals surface area (Å²) >= 11 is 0. The van der Waals surface area contributed by atoms with Gasteiger partial charge in [-0.3, -0.25) is 0 Å². The van der Waals surface area contributed by atoms with Gasteiger partial charge in [0.25, 0.3) is 0 Å². The fourth-order valence-corrected chi connectivity index (χ4v) is 4.44. The van der Waals surface area contributed by atoms with E-state index in [1.54, 1.807) is 4.90 Å². The van der Waals surface area contributed by atoms with Gasteiger partial charge >= 0.3 is 6.03 Å². The Morgan fingerprint density at radius 1 is 1.09 bits per heavy atom. The van der Waals surface area contributed by atoms with E-state index in [0.29, 0.717) is 19.5 Å². The molecule has 3 fully saturated rings. The summed E-state index contributed by atoms with van der Waals surface area (Å²) in [5.74, 6) is 0.920. The monoisotopic (exact) mass is 329 g/mol. The van der Waals surface area contributed by atoms with Crippen molar-refractivity contribution in [3.05, 3.63) is 0 Å². The first kappa shape index (κ1) is 16.1. The van der Waals surface area contributed by atoms with Crippen molar-refractivity contribution < 1.29 is 13.2 Å². The van der Waals surface area contributed by atoms with Crippen molar-refractivity contribution in [2.45, 2.75) is 43.4 Å². The lowest BCUT2D eigenvalue weighted by Gasteiger charge is -2.33. The van der Waals surface area contributed by atoms with Crippen LogP contribution in [0.1, 0.15) is 32.1 Å². The van der Waals surface area contributed by atoms with Crippen molar-refractivity contribution >= 4 is 15.9 Å². The number of hydrogen-bond acceptors (Lipinski definition) is 4. The van der Waals surface area contributed by atoms with Crippen molar-refractivity contribution in [3.63, 3.8) is 0 Å². The van der Waals surface area contributed by atoms with Crippen molar-refractivity contribution in [2.75, 3.05) is 39.0 Å². The molecule has 0 spiro atoms. The largest absolute Gasteiger partial charge is 0.335 e. The second-order valence-electron chi connectivity index (χ2n) is 7.15. The molecule has 2 heterocycles. The third-order valence-electron chi connectivity index (χ3n) is 5.17. The normalized spacial score (nSPS) is 28.0. The topological polar surface area (TPSA) is 69.7 Å². The number of piperidine rings is 1. The van der Waals surface area contributed by atoms with E-state index in [1.165, 1.54) is 25.6 Å². The minimum atomic E-state index is -3.04. The van der Waals surface area contributed by atoms with E-state index in [9.17, 15) is 13.2 Å². The molecular formula is C15H27N3O3S. The van der Waals surface area contributed by atoms with Crippen molar-refractivity contribution in [3.8, 4) is 0 Å². The molecular weight excluding hydrogens is 302 g/mol. The van der Waals surface area contributed by atoms with Crippen LogP contribution in [0.5, 0.6) is 0 Å². The molecule has 3 aliphatic rings. The predicted octanol–water partition coefficient (Wildman–Crippen LogP) is 0.689. The number of likely N-dealkylation sites (tertiary alicyclic amines) is 2. The molecule has 0 bridgehead atoms. The Kier molecular flexibility index (Phi) is 4.64. The van der Waals surface area contributed by atoms with E-state index < -0.39 is 15.1 Å². The van der Waals surface area contributed by atoms with Crippen LogP contribution >= 0.6 is 0 Å². The van der Waals surface area contributed by atoms with Gasteiger partial charge in [0, 0.05) is 45.0 Å². The molecule has 2 saturated heterocycles. The average Bonchev–Trinajstić information content (AvgIpc) is 3.11. The van der Waals surface area contributed by atoms with Gasteiger partial charge in [0.1, 0.15) is 0 Å². The zero-order valence-corrected chi connectivity index (χ0v) is 14.1. The third-order valence-corrected chi connectivity index (χ3v) is 6.76. The van der Waals surface area contributed by atoms with Crippen LogP contribution in [-0.2, 0) is 9.84 Å². The summed E-state index contributed by atoms with van der Waals surface area (Å²) in [5.41, 5.74) is 0. The maximum absolute atomic E-state index is 12.3. The van der Waals surface area contributed by atoms with Crippen LogP contribution in [0, 0.1) is 5.92 Å². The minimum absolute atomic E-state index is 0.0909. The van der Waals surface area contributed by atoms with Gasteiger partial charge in [-0.05, 0) is 38.0 Å². The Labute approximate surface area is 133 Å². The number of carbonyl (C=O) groups excluding carboxylic acids is 1. The molecule has 0 aromatic heterocycles. The molecule has 126 valence electrons. The minimum Gasteiger partial charge on any atom is -0.335 e. The van der Waals surface area contributed by atoms with E-state index in [2.05, 4.69) is 10.2 Å². The number of rotatable bonds is 4. The van der Waals surface area contributed by atoms with Crippen molar-refractivity contribution in [1.29, 1.82) is 0 Å². The highest BCUT2D eigenvalue weighted by Gasteiger charge is 2.34. The molecule has 1 atom stereocenters. The number of nitrogens with one attached hydrogen (secondary N) is 1. The Bertz CT molecular complexity index is 510. The SMILES string of the molecule is CS(=O)(=O)C1CCN(C(=O)NC2CCN(CC3CC3)CC2)C1. The van der Waals surface area contributed by atoms with Gasteiger partial charge < -0.3 is 15.1 Å². The molecule has 0 aromatic carbocycles. The first-order chi connectivity index (χ1) is 10.4. The Balaban J connectivity index is 1.41. The van der Waals surface area contributed by atoms with Crippen LogP contribution in [0.2, 0.25) is 0 Å². The van der Waals surface area contributed by atoms with Crippen LogP contribution < -0.4 is 5.32 Å². The summed E-state index contributed by atoms with van der Waals surface area (Å²) in [7, 11) is -3.04. The number of carbonyl (C=O) groups is 1. The first-order valence-corrected chi connectivity index (χ1v) is 10.3. The second kappa shape index (κ2) is 6.35. The van der Waals surface area contributed by atoms with Crippen LogP contribution in [0.4, 0.5) is 4.79 Å². The number of urea groups is 1. The maximum atomic E-state index is 12.3. The first-order valence-electron chi connectivity index (χ1n) is 8.38. The molecule has 1 aliphatic carbocycles. The summed E-state index contributed by atoms with van der Waals surface area (Å²) in [6, 6.07) is 0.145. The highest BCUT2D eigenvalue weighted by molar-refractivity contribution is 7.91. The molecule has 2 aliphatic heterocycles. The third kappa shape index (κ3) is 4.13. The second-order valence-corrected chi connectivity index (χ2v) is 9.48. The van der Waals surface area contributed by atoms with Crippen LogP contribution in [0.15, 0.2) is 0 Å². The molecule has 2 amide bonds. The van der Waals surface area contributed by atoms with Crippen LogP contribution in [0.3, 0.4) is 0 Å². The lowest BCUT2D eigenvalue weighted by atomic mass is 10.0. The zero-order valence-electron chi connectivity index (χ0n) is 13.3. The van der Waals surface area contributed by atoms with Gasteiger partial charge in [-0.1, -0.05) is 0 Å². The molecule has 6 nitrogen and oxygen atoms in total. The molecule has 7 heteroatoms. The van der Waals surface area contributed by atoms with Crippen molar-refractivity contribution in [1.82, 2.24) is 15.1 Å². The fraction of sp³-hybridized carbons (Fsp3) is 0.933. The summed E-state index contributed by atoms with van der Waals surface area (Å²) in [6.45, 7) is 4.24. The smallest absolute Gasteiger partial charge is 0.317 e. The molecule has 0 aromatic rings. The van der Waals surface area contributed by atoms with Crippen molar-refractivity contribution in [2.24, 2.45) is 5.92 Å². The predicted molar refractivity (Wildman–Crippen MR) is 85.5 cm³/mol. The number of nitrogens with zero attached hydrogens (tertiary/aromatic N) is 2. The van der Waals surface area contributed by atoms with Gasteiger partial charge in [0.15, 0.2) is 9.84 Å². The van der Waals surface area contributed by atoms with E-state index in [1.807, 2.05) is 0 Å². The van der Waals surface area contributed by atoms with Gasteiger partial charge in [-0.25, -0.2) is 13.2 Å². The number of sulfone groups is 1. The van der Waals surface area contributed by atoms with E-state index >= 15 is 0 Å². The van der Waals surface area contributed by atoms with Gasteiger partial charge in [0.05, 0.1) is 5.25 Å². The highest BCUT2D eigenvalue weighted by atomic mass is 32.2. The summed E-state index contributed by atoms with van der Waals surface area (Å²) < 4.78 is 23.1. The molecule has 3 rings (SSSR count). The lowest BCUT2D eigenvalue weighted by Crippen LogP contribution is -2.49. The highest BCUT2D eigenvalue weighted by Crippen LogP contribution is 2.30. The van der Waals surface area contributed by atoms with Gasteiger partial charge in [0.2, 0.25) is 0 Å². The summed E-state index contributed by atoms with van der Waals surface area (Å²) in [5, 5.41) is 2.70. The fourth-order valence-electron chi connectivity index (χ4n) is 3.45. The quantitative estimate of drug-likeness (QED) is 0.824. The zero-order chi connectivity index (χ0) is 15.7. The molecule has 1 saturated carbocycles. The van der Waals surface area contributed by atoms with Gasteiger partial charge in [-0.15, -0.1) is 0 Å². The van der Waals surface area contributed by atoms with Crippen LogP contribution in [-0.4, -0.2) is 74.5 Å². The summed E-state index contributed by atoms with van der Waals surface area (Å²) in [4.78, 5) is 16.4. The molecule has 1 N–H and O–H groups in total. The van der Waals surface area contributed by atoms with Gasteiger partial charge in [-0.2, -0.15) is 0 Å². The van der Waals surface area contributed by atoms with E-state index in [0.717, 1.165) is 31.8 Å². The lowest BCUT2D eigenvalue weighted by molar-refractivity contribution is 0.174. The molecule has 0 radical (unpaired) electrons. The summed E-state index contributed by atoms with van der Waals surface area (Å²) in [6.07, 6.45) is 6.59. The average molecular weight is 329 g/mol. The van der Waals surface area contributed by atoms with Crippen LogP contribution in [0.25, 0.3) is 0 Å².